The van der Waals surface area contributed by atoms with Crippen LogP contribution in [-0.2, 0) is 0 Å². The predicted octanol–water partition coefficient (Wildman–Crippen LogP) is 13.3. The summed E-state index contributed by atoms with van der Waals surface area (Å²) in [6.07, 6.45) is 0. The van der Waals surface area contributed by atoms with E-state index in [0.29, 0.717) is 0 Å². The van der Waals surface area contributed by atoms with Gasteiger partial charge in [-0.25, -0.2) is 0 Å². The van der Waals surface area contributed by atoms with E-state index in [1.165, 1.54) is 96.6 Å². The van der Waals surface area contributed by atoms with E-state index in [9.17, 15) is 0 Å². The molecule has 3 nitrogen and oxygen atoms in total. The molecule has 15 aromatic rings. The number of anilines is 6. The summed E-state index contributed by atoms with van der Waals surface area (Å²) in [5.74, 6) is 0. The van der Waals surface area contributed by atoms with E-state index >= 15 is 0 Å². The number of nitrogens with zero attached hydrogens (tertiary/aromatic N) is 3. The summed E-state index contributed by atoms with van der Waals surface area (Å²) in [7, 11) is -5.79. The van der Waals surface area contributed by atoms with Crippen LogP contribution in [0.5, 0.6) is 0 Å². The number of benzene rings is 14. The maximum absolute atomic E-state index is 2.95. The third-order valence-electron chi connectivity index (χ3n) is 19.2. The third kappa shape index (κ3) is 8.33. The van der Waals surface area contributed by atoms with Crippen LogP contribution in [0.25, 0.3) is 38.6 Å². The van der Waals surface area contributed by atoms with Gasteiger partial charge in [0.1, 0.15) is 0 Å². The molecule has 0 N–H and O–H groups in total. The fourth-order valence-electron chi connectivity index (χ4n) is 15.5. The zero-order valence-electron chi connectivity index (χ0n) is 49.6. The Kier molecular flexibility index (Phi) is 13.0. The minimum absolute atomic E-state index is 0.0661. The first-order valence-electron chi connectivity index (χ1n) is 31.3. The van der Waals surface area contributed by atoms with Crippen LogP contribution in [0.3, 0.4) is 0 Å². The van der Waals surface area contributed by atoms with Crippen LogP contribution < -0.4 is 67.7 Å². The van der Waals surface area contributed by atoms with E-state index in [2.05, 4.69) is 378 Å². The summed E-state index contributed by atoms with van der Waals surface area (Å²) in [6, 6.07) is 137. The molecule has 422 valence electrons. The van der Waals surface area contributed by atoms with Crippen LogP contribution in [0, 0.1) is 0 Å². The van der Waals surface area contributed by atoms with Crippen LogP contribution in [0.15, 0.2) is 364 Å². The summed E-state index contributed by atoms with van der Waals surface area (Å²) in [5.41, 5.74) is 16.5. The SMILES string of the molecule is c1ccc([Si](c2ccccc2)(c2ccccc2)c2cccc(-c3cccc(N4c5ccccc5B5c6ccccc6N(c6cccc([Si](c7ccccc7)(c7ccccc7)c7ccccc7)c6)c6cc(-n7c8ccccc8c8ccccc87)cc4c65)c3)c2)cc1. The highest BCUT2D eigenvalue weighted by molar-refractivity contribution is 7.20. The smallest absolute Gasteiger partial charge is 0.252 e. The Morgan fingerprint density at radius 3 is 0.978 bits per heavy atom. The monoisotopic (exact) mass is 1180 g/mol. The van der Waals surface area contributed by atoms with Crippen molar-refractivity contribution in [2.45, 2.75) is 0 Å². The molecule has 3 heterocycles. The van der Waals surface area contributed by atoms with Crippen molar-refractivity contribution in [1.82, 2.24) is 4.57 Å². The molecule has 0 spiro atoms. The Morgan fingerprint density at radius 2 is 0.544 bits per heavy atom. The molecule has 0 amide bonds. The lowest BCUT2D eigenvalue weighted by Crippen LogP contribution is -2.74. The molecule has 0 aliphatic carbocycles. The molecular weight excluding hydrogens is 1120 g/mol. The summed E-state index contributed by atoms with van der Waals surface area (Å²) in [5, 5.41) is 13.2. The van der Waals surface area contributed by atoms with Gasteiger partial charge < -0.3 is 14.4 Å². The van der Waals surface area contributed by atoms with Crippen molar-refractivity contribution in [1.29, 1.82) is 0 Å². The van der Waals surface area contributed by atoms with Gasteiger partial charge in [0.2, 0.25) is 0 Å². The number of hydrogen-bond donors (Lipinski definition) is 0. The van der Waals surface area contributed by atoms with Crippen LogP contribution >= 0.6 is 0 Å². The van der Waals surface area contributed by atoms with Crippen LogP contribution in [0.4, 0.5) is 34.1 Å². The summed E-state index contributed by atoms with van der Waals surface area (Å²) in [6.45, 7) is -0.0661. The van der Waals surface area contributed by atoms with Gasteiger partial charge in [0, 0.05) is 44.9 Å². The third-order valence-corrected chi connectivity index (χ3v) is 28.8. The van der Waals surface area contributed by atoms with Gasteiger partial charge in [-0.15, -0.1) is 0 Å². The van der Waals surface area contributed by atoms with E-state index in [1.807, 2.05) is 0 Å². The highest BCUT2D eigenvalue weighted by Gasteiger charge is 2.46. The highest BCUT2D eigenvalue weighted by Crippen LogP contribution is 2.47. The normalized spacial score (nSPS) is 12.6. The fraction of sp³-hybridized carbons (Fsp3) is 0. The molecule has 0 radical (unpaired) electrons. The van der Waals surface area contributed by atoms with Crippen molar-refractivity contribution in [3.8, 4) is 16.8 Å². The molecule has 90 heavy (non-hydrogen) atoms. The van der Waals surface area contributed by atoms with E-state index in [0.717, 1.165) is 34.0 Å². The summed E-state index contributed by atoms with van der Waals surface area (Å²) >= 11 is 0. The fourth-order valence-corrected chi connectivity index (χ4v) is 25.1. The Labute approximate surface area is 528 Å². The van der Waals surface area contributed by atoms with Gasteiger partial charge in [0.25, 0.3) is 6.71 Å². The molecule has 2 aliphatic heterocycles. The molecule has 0 saturated carbocycles. The van der Waals surface area contributed by atoms with E-state index in [1.54, 1.807) is 0 Å². The lowest BCUT2D eigenvalue weighted by atomic mass is 9.33. The largest absolute Gasteiger partial charge is 0.311 e. The zero-order chi connectivity index (χ0) is 59.6. The number of fused-ring (bicyclic) bond motifs is 7. The lowest BCUT2D eigenvalue weighted by Gasteiger charge is -2.44. The van der Waals surface area contributed by atoms with Gasteiger partial charge in [0.05, 0.1) is 16.7 Å². The molecule has 1 aromatic heterocycles. The summed E-state index contributed by atoms with van der Waals surface area (Å²) in [4.78, 5) is 5.18. The van der Waals surface area contributed by atoms with Gasteiger partial charge in [-0.3, -0.25) is 0 Å². The van der Waals surface area contributed by atoms with E-state index < -0.39 is 16.1 Å². The van der Waals surface area contributed by atoms with Crippen LogP contribution in [0.2, 0.25) is 0 Å². The average Bonchev–Trinajstić information content (AvgIpc) is 0.809. The van der Waals surface area contributed by atoms with Crippen molar-refractivity contribution < 1.29 is 0 Å². The second-order valence-electron chi connectivity index (χ2n) is 23.9. The number of rotatable bonds is 12. The molecule has 0 unspecified atom stereocenters. The Hall–Kier alpha value is -11.0. The minimum atomic E-state index is -2.95. The minimum Gasteiger partial charge on any atom is -0.311 e. The van der Waals surface area contributed by atoms with Crippen molar-refractivity contribution in [3.63, 3.8) is 0 Å². The molecule has 0 saturated heterocycles. The Morgan fingerprint density at radius 1 is 0.222 bits per heavy atom. The van der Waals surface area contributed by atoms with Gasteiger partial charge in [-0.1, -0.05) is 303 Å². The molecule has 0 fully saturated rings. The molecule has 6 heteroatoms. The van der Waals surface area contributed by atoms with Crippen molar-refractivity contribution >= 4 is 137 Å². The van der Waals surface area contributed by atoms with Crippen LogP contribution in [-0.4, -0.2) is 27.4 Å². The highest BCUT2D eigenvalue weighted by atomic mass is 28.3. The molecule has 0 bridgehead atoms. The summed E-state index contributed by atoms with van der Waals surface area (Å²) < 4.78 is 2.51. The second-order valence-corrected chi connectivity index (χ2v) is 31.5. The molecule has 14 aromatic carbocycles. The molecule has 2 aliphatic rings. The average molecular weight is 1180 g/mol. The van der Waals surface area contributed by atoms with Crippen molar-refractivity contribution in [2.75, 3.05) is 9.80 Å². The number of aromatic nitrogens is 1. The Balaban J connectivity index is 0.915. The molecular formula is C84H60BN3Si2. The molecule has 0 atom stereocenters. The first-order valence-corrected chi connectivity index (χ1v) is 35.3. The maximum atomic E-state index is 2.60. The Bertz CT molecular complexity index is 4910. The second kappa shape index (κ2) is 22.0. The predicted molar refractivity (Wildman–Crippen MR) is 387 cm³/mol. The molecule has 17 rings (SSSR count). The van der Waals surface area contributed by atoms with Crippen LogP contribution in [0.1, 0.15) is 0 Å². The topological polar surface area (TPSA) is 11.4 Å². The zero-order valence-corrected chi connectivity index (χ0v) is 51.6. The first-order chi connectivity index (χ1) is 44.7. The maximum Gasteiger partial charge on any atom is 0.252 e. The van der Waals surface area contributed by atoms with Gasteiger partial charge in [-0.2, -0.15) is 0 Å². The number of para-hydroxylation sites is 4. The van der Waals surface area contributed by atoms with Crippen molar-refractivity contribution in [3.05, 3.63) is 364 Å². The first kappa shape index (κ1) is 53.2. The van der Waals surface area contributed by atoms with Gasteiger partial charge in [-0.05, 0) is 130 Å². The quantitative estimate of drug-likeness (QED) is 0.0892. The van der Waals surface area contributed by atoms with E-state index in [-0.39, 0.29) is 6.71 Å². The van der Waals surface area contributed by atoms with E-state index in [4.69, 9.17) is 0 Å². The van der Waals surface area contributed by atoms with Gasteiger partial charge >= 0.3 is 0 Å². The van der Waals surface area contributed by atoms with Gasteiger partial charge in [0.15, 0.2) is 16.1 Å². The lowest BCUT2D eigenvalue weighted by molar-refractivity contribution is 1.16. The van der Waals surface area contributed by atoms with Crippen molar-refractivity contribution in [2.24, 2.45) is 0 Å². The standard InChI is InChI=1S/C84H60BN3Si2/c1-7-34-66(35-8-1)89(67-36-9-2-10-37-67,68-38-11-3-12-39-68)72-46-28-31-62(57-72)61-30-27-32-63(56-61)86-80-54-25-21-50-76(80)85-77-51-22-26-55-81(77)87(83-60-65(59-82(86)84(83)85)88-78-52-23-19-48-74(78)75-49-20-24-53-79(75)88)64-33-29-47-73(58-64)90(69-40-13-4-14-41-69,70-42-15-5-16-43-70)71-44-17-6-18-45-71/h1-60H. The number of hydrogen-bond acceptors (Lipinski definition) is 2.